The standard InChI is InChI=1S/C16H14N4O/c1-11-6-5-7-12(10-11)14-15(16(21)20-18-14)19-17-13-8-3-2-4-9-13/h2-10H,1H3,(H2,18,20,21). The third kappa shape index (κ3) is 2.81. The predicted octanol–water partition coefficient (Wildman–Crippen LogP) is 4.51. The minimum atomic E-state index is -0.0915. The molecule has 5 nitrogen and oxygen atoms in total. The van der Waals surface area contributed by atoms with Crippen LogP contribution in [0.15, 0.2) is 64.8 Å². The van der Waals surface area contributed by atoms with Crippen LogP contribution < -0.4 is 0 Å². The third-order valence-corrected chi connectivity index (χ3v) is 3.04. The molecule has 1 heterocycles. The van der Waals surface area contributed by atoms with Gasteiger partial charge in [0.2, 0.25) is 5.88 Å². The smallest absolute Gasteiger partial charge is 0.235 e. The van der Waals surface area contributed by atoms with Crippen LogP contribution >= 0.6 is 0 Å². The van der Waals surface area contributed by atoms with Gasteiger partial charge in [0, 0.05) is 5.56 Å². The third-order valence-electron chi connectivity index (χ3n) is 3.04. The van der Waals surface area contributed by atoms with Crippen LogP contribution in [0, 0.1) is 6.92 Å². The monoisotopic (exact) mass is 278 g/mol. The van der Waals surface area contributed by atoms with Gasteiger partial charge in [-0.2, -0.15) is 10.2 Å². The summed E-state index contributed by atoms with van der Waals surface area (Å²) in [6.45, 7) is 2.00. The fourth-order valence-electron chi connectivity index (χ4n) is 2.02. The van der Waals surface area contributed by atoms with Gasteiger partial charge < -0.3 is 5.11 Å². The van der Waals surface area contributed by atoms with Crippen molar-refractivity contribution in [2.45, 2.75) is 6.92 Å². The second-order valence-electron chi connectivity index (χ2n) is 4.67. The quantitative estimate of drug-likeness (QED) is 0.692. The van der Waals surface area contributed by atoms with Crippen LogP contribution in [0.2, 0.25) is 0 Å². The zero-order chi connectivity index (χ0) is 14.7. The average Bonchev–Trinajstić information content (AvgIpc) is 2.87. The molecular formula is C16H14N4O. The Labute approximate surface area is 122 Å². The number of benzene rings is 2. The molecule has 0 unspecified atom stereocenters. The molecule has 0 amide bonds. The lowest BCUT2D eigenvalue weighted by Crippen LogP contribution is -1.80. The zero-order valence-corrected chi connectivity index (χ0v) is 11.5. The molecule has 0 radical (unpaired) electrons. The first kappa shape index (κ1) is 13.1. The molecule has 2 N–H and O–H groups in total. The maximum absolute atomic E-state index is 9.87. The van der Waals surface area contributed by atoms with Gasteiger partial charge in [-0.15, -0.1) is 5.11 Å². The summed E-state index contributed by atoms with van der Waals surface area (Å²) in [5.41, 5.74) is 3.63. The van der Waals surface area contributed by atoms with E-state index in [0.717, 1.165) is 11.1 Å². The minimum absolute atomic E-state index is 0.0915. The molecule has 0 saturated heterocycles. The second kappa shape index (κ2) is 5.58. The van der Waals surface area contributed by atoms with E-state index in [2.05, 4.69) is 20.4 Å². The van der Waals surface area contributed by atoms with Crippen LogP contribution in [-0.4, -0.2) is 15.3 Å². The number of aromatic hydroxyl groups is 1. The first-order chi connectivity index (χ1) is 10.2. The molecular weight excluding hydrogens is 264 g/mol. The Morgan fingerprint density at radius 3 is 2.57 bits per heavy atom. The van der Waals surface area contributed by atoms with Crippen molar-refractivity contribution in [3.8, 4) is 17.1 Å². The SMILES string of the molecule is Cc1cccc(-c2n[nH]c(O)c2N=Nc2ccccc2)c1. The van der Waals surface area contributed by atoms with Gasteiger partial charge in [0.1, 0.15) is 5.69 Å². The van der Waals surface area contributed by atoms with Gasteiger partial charge in [-0.25, -0.2) is 5.10 Å². The van der Waals surface area contributed by atoms with Crippen molar-refractivity contribution >= 4 is 11.4 Å². The number of aromatic amines is 1. The Hall–Kier alpha value is -2.95. The summed E-state index contributed by atoms with van der Waals surface area (Å²) in [7, 11) is 0. The summed E-state index contributed by atoms with van der Waals surface area (Å²) in [5, 5.41) is 24.8. The first-order valence-corrected chi connectivity index (χ1v) is 6.55. The first-order valence-electron chi connectivity index (χ1n) is 6.55. The molecule has 3 rings (SSSR count). The molecule has 0 saturated carbocycles. The van der Waals surface area contributed by atoms with E-state index in [9.17, 15) is 5.11 Å². The Kier molecular flexibility index (Phi) is 3.47. The van der Waals surface area contributed by atoms with E-state index < -0.39 is 0 Å². The minimum Gasteiger partial charge on any atom is -0.492 e. The molecule has 0 aliphatic carbocycles. The molecule has 0 atom stereocenters. The molecule has 0 aliphatic rings. The van der Waals surface area contributed by atoms with Crippen LogP contribution in [0.4, 0.5) is 11.4 Å². The van der Waals surface area contributed by atoms with Crippen molar-refractivity contribution in [3.05, 3.63) is 60.2 Å². The van der Waals surface area contributed by atoms with Gasteiger partial charge in [0.25, 0.3) is 0 Å². The molecule has 0 spiro atoms. The summed E-state index contributed by atoms with van der Waals surface area (Å²) in [6.07, 6.45) is 0. The van der Waals surface area contributed by atoms with Gasteiger partial charge in [0.15, 0.2) is 5.69 Å². The van der Waals surface area contributed by atoms with Crippen molar-refractivity contribution in [1.29, 1.82) is 0 Å². The van der Waals surface area contributed by atoms with Crippen molar-refractivity contribution < 1.29 is 5.11 Å². The van der Waals surface area contributed by atoms with Crippen LogP contribution in [0.1, 0.15) is 5.56 Å². The molecule has 5 heteroatoms. The predicted molar refractivity (Wildman–Crippen MR) is 81.0 cm³/mol. The Morgan fingerprint density at radius 1 is 1.00 bits per heavy atom. The van der Waals surface area contributed by atoms with E-state index >= 15 is 0 Å². The maximum atomic E-state index is 9.87. The summed E-state index contributed by atoms with van der Waals surface area (Å²) in [5.74, 6) is -0.0915. The molecule has 0 aliphatic heterocycles. The summed E-state index contributed by atoms with van der Waals surface area (Å²) in [6, 6.07) is 17.2. The fourth-order valence-corrected chi connectivity index (χ4v) is 2.02. The normalized spacial score (nSPS) is 11.1. The van der Waals surface area contributed by atoms with Crippen molar-refractivity contribution in [2.75, 3.05) is 0 Å². The second-order valence-corrected chi connectivity index (χ2v) is 4.67. The fraction of sp³-hybridized carbons (Fsp3) is 0.0625. The van der Waals surface area contributed by atoms with E-state index in [1.807, 2.05) is 61.5 Å². The van der Waals surface area contributed by atoms with Crippen LogP contribution in [0.5, 0.6) is 5.88 Å². The summed E-state index contributed by atoms with van der Waals surface area (Å²) >= 11 is 0. The molecule has 1 aromatic heterocycles. The highest BCUT2D eigenvalue weighted by Crippen LogP contribution is 2.36. The number of aryl methyl sites for hydroxylation is 1. The lowest BCUT2D eigenvalue weighted by molar-refractivity contribution is 0.453. The highest BCUT2D eigenvalue weighted by Gasteiger charge is 2.14. The topological polar surface area (TPSA) is 73.6 Å². The van der Waals surface area contributed by atoms with Crippen LogP contribution in [-0.2, 0) is 0 Å². The number of rotatable bonds is 3. The highest BCUT2D eigenvalue weighted by atomic mass is 16.3. The molecule has 3 aromatic rings. The molecule has 21 heavy (non-hydrogen) atoms. The van der Waals surface area contributed by atoms with E-state index in [-0.39, 0.29) is 5.88 Å². The van der Waals surface area contributed by atoms with E-state index in [1.165, 1.54) is 0 Å². The van der Waals surface area contributed by atoms with Gasteiger partial charge in [-0.3, -0.25) is 0 Å². The summed E-state index contributed by atoms with van der Waals surface area (Å²) < 4.78 is 0. The number of hydrogen-bond acceptors (Lipinski definition) is 4. The number of nitrogens with one attached hydrogen (secondary N) is 1. The van der Waals surface area contributed by atoms with Crippen molar-refractivity contribution in [2.24, 2.45) is 10.2 Å². The average molecular weight is 278 g/mol. The Balaban J connectivity index is 2.00. The van der Waals surface area contributed by atoms with Crippen LogP contribution in [0.3, 0.4) is 0 Å². The Morgan fingerprint density at radius 2 is 1.81 bits per heavy atom. The highest BCUT2D eigenvalue weighted by molar-refractivity contribution is 5.75. The zero-order valence-electron chi connectivity index (χ0n) is 11.5. The molecule has 0 fully saturated rings. The number of hydrogen-bond donors (Lipinski definition) is 2. The van der Waals surface area contributed by atoms with Crippen LogP contribution in [0.25, 0.3) is 11.3 Å². The number of nitrogens with zero attached hydrogens (tertiary/aromatic N) is 3. The maximum Gasteiger partial charge on any atom is 0.235 e. The number of aromatic nitrogens is 2. The van der Waals surface area contributed by atoms with Gasteiger partial charge in [-0.05, 0) is 25.1 Å². The molecule has 104 valence electrons. The van der Waals surface area contributed by atoms with Gasteiger partial charge in [0.05, 0.1) is 5.69 Å². The van der Waals surface area contributed by atoms with Crippen molar-refractivity contribution in [1.82, 2.24) is 10.2 Å². The summed E-state index contributed by atoms with van der Waals surface area (Å²) in [4.78, 5) is 0. The van der Waals surface area contributed by atoms with E-state index in [4.69, 9.17) is 0 Å². The van der Waals surface area contributed by atoms with E-state index in [0.29, 0.717) is 17.1 Å². The molecule has 0 bridgehead atoms. The number of azo groups is 1. The Bertz CT molecular complexity index is 778. The number of H-pyrrole nitrogens is 1. The lowest BCUT2D eigenvalue weighted by Gasteiger charge is -1.99. The van der Waals surface area contributed by atoms with E-state index in [1.54, 1.807) is 0 Å². The van der Waals surface area contributed by atoms with Gasteiger partial charge in [-0.1, -0.05) is 42.0 Å². The van der Waals surface area contributed by atoms with Crippen molar-refractivity contribution in [3.63, 3.8) is 0 Å². The largest absolute Gasteiger partial charge is 0.492 e. The molecule has 2 aromatic carbocycles. The van der Waals surface area contributed by atoms with Gasteiger partial charge >= 0.3 is 0 Å². The lowest BCUT2D eigenvalue weighted by atomic mass is 10.1.